The van der Waals surface area contributed by atoms with Gasteiger partial charge in [0.1, 0.15) is 11.3 Å². The lowest BCUT2D eigenvalue weighted by molar-refractivity contribution is -0.121. The number of fused-ring (bicyclic) bond motifs is 1. The fourth-order valence-corrected chi connectivity index (χ4v) is 4.34. The van der Waals surface area contributed by atoms with E-state index in [1.54, 1.807) is 11.3 Å². The Kier molecular flexibility index (Phi) is 5.87. The molecular weight excluding hydrogens is 360 g/mol. The molecule has 0 spiro atoms. The first-order valence-corrected chi connectivity index (χ1v) is 10.3. The molecule has 1 unspecified atom stereocenters. The highest BCUT2D eigenvalue weighted by atomic mass is 32.1. The zero-order valence-electron chi connectivity index (χ0n) is 15.2. The number of rotatable bonds is 7. The van der Waals surface area contributed by atoms with Crippen LogP contribution in [0.3, 0.4) is 0 Å². The maximum Gasteiger partial charge on any atom is 0.220 e. The predicted octanol–water partition coefficient (Wildman–Crippen LogP) is 3.62. The van der Waals surface area contributed by atoms with E-state index >= 15 is 0 Å². The minimum absolute atomic E-state index is 0.0604. The van der Waals surface area contributed by atoms with E-state index < -0.39 is 0 Å². The molecule has 1 aromatic carbocycles. The number of morpholine rings is 1. The second-order valence-electron chi connectivity index (χ2n) is 6.73. The summed E-state index contributed by atoms with van der Waals surface area (Å²) in [4.78, 5) is 16.1. The van der Waals surface area contributed by atoms with Crippen molar-refractivity contribution in [3.8, 4) is 0 Å². The molecule has 1 atom stereocenters. The van der Waals surface area contributed by atoms with Gasteiger partial charge in [-0.1, -0.05) is 24.3 Å². The first kappa shape index (κ1) is 18.2. The van der Waals surface area contributed by atoms with Crippen molar-refractivity contribution in [1.82, 2.24) is 10.2 Å². The standard InChI is InChI=1S/C21H24N2O3S/c24-21(8-7-17-14-16-4-1-2-5-19(16)26-17)22-15-18(20-6-3-13-27-20)23-9-11-25-12-10-23/h1-6,13-14,18H,7-12,15H2,(H,22,24). The molecule has 1 aliphatic rings. The summed E-state index contributed by atoms with van der Waals surface area (Å²) in [7, 11) is 0. The molecule has 0 radical (unpaired) electrons. The van der Waals surface area contributed by atoms with Crippen molar-refractivity contribution in [3.05, 3.63) is 58.5 Å². The van der Waals surface area contributed by atoms with Crippen LogP contribution in [0.1, 0.15) is 23.1 Å². The van der Waals surface area contributed by atoms with Gasteiger partial charge in [0.15, 0.2) is 0 Å². The summed E-state index contributed by atoms with van der Waals surface area (Å²) >= 11 is 1.74. The topological polar surface area (TPSA) is 54.7 Å². The van der Waals surface area contributed by atoms with Crippen molar-refractivity contribution in [3.63, 3.8) is 0 Å². The zero-order chi connectivity index (χ0) is 18.5. The molecule has 27 heavy (non-hydrogen) atoms. The Balaban J connectivity index is 1.32. The van der Waals surface area contributed by atoms with Gasteiger partial charge in [-0.15, -0.1) is 11.3 Å². The van der Waals surface area contributed by atoms with Crippen molar-refractivity contribution in [2.75, 3.05) is 32.8 Å². The van der Waals surface area contributed by atoms with Crippen LogP contribution in [0, 0.1) is 0 Å². The van der Waals surface area contributed by atoms with Gasteiger partial charge < -0.3 is 14.5 Å². The van der Waals surface area contributed by atoms with Gasteiger partial charge in [0.05, 0.1) is 19.3 Å². The van der Waals surface area contributed by atoms with Crippen molar-refractivity contribution < 1.29 is 13.9 Å². The maximum atomic E-state index is 12.4. The largest absolute Gasteiger partial charge is 0.461 e. The van der Waals surface area contributed by atoms with E-state index in [0.29, 0.717) is 19.4 Å². The minimum Gasteiger partial charge on any atom is -0.461 e. The van der Waals surface area contributed by atoms with Gasteiger partial charge in [-0.25, -0.2) is 0 Å². The first-order valence-electron chi connectivity index (χ1n) is 9.39. The Bertz CT molecular complexity index is 836. The van der Waals surface area contributed by atoms with Crippen LogP contribution >= 0.6 is 11.3 Å². The predicted molar refractivity (Wildman–Crippen MR) is 107 cm³/mol. The van der Waals surface area contributed by atoms with Gasteiger partial charge in [0, 0.05) is 42.7 Å². The van der Waals surface area contributed by atoms with Gasteiger partial charge >= 0.3 is 0 Å². The Hall–Kier alpha value is -2.15. The lowest BCUT2D eigenvalue weighted by atomic mass is 10.1. The fraction of sp³-hybridized carbons (Fsp3) is 0.381. The molecule has 3 aromatic rings. The summed E-state index contributed by atoms with van der Waals surface area (Å²) in [5.74, 6) is 0.916. The van der Waals surface area contributed by atoms with Crippen LogP contribution in [-0.4, -0.2) is 43.7 Å². The lowest BCUT2D eigenvalue weighted by Crippen LogP contribution is -2.43. The van der Waals surface area contributed by atoms with E-state index in [0.717, 1.165) is 43.0 Å². The highest BCUT2D eigenvalue weighted by Crippen LogP contribution is 2.25. The number of carbonyl (C=O) groups excluding carboxylic acids is 1. The van der Waals surface area contributed by atoms with E-state index in [9.17, 15) is 4.79 Å². The van der Waals surface area contributed by atoms with E-state index in [4.69, 9.17) is 9.15 Å². The van der Waals surface area contributed by atoms with Gasteiger partial charge in [-0.3, -0.25) is 9.69 Å². The number of furan rings is 1. The smallest absolute Gasteiger partial charge is 0.220 e. The van der Waals surface area contributed by atoms with Crippen molar-refractivity contribution in [2.24, 2.45) is 0 Å². The third kappa shape index (κ3) is 4.58. The van der Waals surface area contributed by atoms with Crippen molar-refractivity contribution in [2.45, 2.75) is 18.9 Å². The van der Waals surface area contributed by atoms with Crippen LogP contribution in [0.2, 0.25) is 0 Å². The summed E-state index contributed by atoms with van der Waals surface area (Å²) in [6.45, 7) is 3.93. The molecule has 2 aromatic heterocycles. The molecule has 3 heterocycles. The van der Waals surface area contributed by atoms with Crippen LogP contribution in [0.15, 0.2) is 52.3 Å². The Labute approximate surface area is 162 Å². The maximum absolute atomic E-state index is 12.4. The van der Waals surface area contributed by atoms with Gasteiger partial charge in [0.2, 0.25) is 5.91 Å². The van der Waals surface area contributed by atoms with Crippen LogP contribution in [-0.2, 0) is 16.0 Å². The fourth-order valence-electron chi connectivity index (χ4n) is 3.48. The lowest BCUT2D eigenvalue weighted by Gasteiger charge is -2.34. The van der Waals surface area contributed by atoms with Crippen molar-refractivity contribution >= 4 is 28.2 Å². The second-order valence-corrected chi connectivity index (χ2v) is 7.71. The quantitative estimate of drug-likeness (QED) is 0.676. The molecular formula is C21H24N2O3S. The molecule has 0 bridgehead atoms. The minimum atomic E-state index is 0.0604. The number of aryl methyl sites for hydroxylation is 1. The average molecular weight is 385 g/mol. The monoisotopic (exact) mass is 384 g/mol. The number of nitrogens with zero attached hydrogens (tertiary/aromatic N) is 1. The molecule has 6 heteroatoms. The Morgan fingerprint density at radius 3 is 2.81 bits per heavy atom. The highest BCUT2D eigenvalue weighted by Gasteiger charge is 2.23. The molecule has 1 aliphatic heterocycles. The number of hydrogen-bond acceptors (Lipinski definition) is 5. The van der Waals surface area contributed by atoms with Crippen LogP contribution in [0.5, 0.6) is 0 Å². The number of para-hydroxylation sites is 1. The van der Waals surface area contributed by atoms with E-state index in [2.05, 4.69) is 27.7 Å². The number of thiophene rings is 1. The molecule has 142 valence electrons. The van der Waals surface area contributed by atoms with Crippen molar-refractivity contribution in [1.29, 1.82) is 0 Å². The van der Waals surface area contributed by atoms with Crippen LogP contribution < -0.4 is 5.32 Å². The summed E-state index contributed by atoms with van der Waals surface area (Å²) in [6.07, 6.45) is 1.04. The van der Waals surface area contributed by atoms with Crippen LogP contribution in [0.25, 0.3) is 11.0 Å². The second kappa shape index (κ2) is 8.69. The third-order valence-electron chi connectivity index (χ3n) is 4.93. The molecule has 1 saturated heterocycles. The molecule has 0 saturated carbocycles. The highest BCUT2D eigenvalue weighted by molar-refractivity contribution is 7.10. The summed E-state index contributed by atoms with van der Waals surface area (Å²) in [5.41, 5.74) is 0.873. The van der Waals surface area contributed by atoms with E-state index in [-0.39, 0.29) is 11.9 Å². The van der Waals surface area contributed by atoms with Gasteiger partial charge in [0.25, 0.3) is 0 Å². The number of amides is 1. The first-order chi connectivity index (χ1) is 13.3. The molecule has 1 amide bonds. The van der Waals surface area contributed by atoms with Gasteiger partial charge in [-0.05, 0) is 23.6 Å². The normalized spacial score (nSPS) is 16.4. The summed E-state index contributed by atoms with van der Waals surface area (Å²) in [5, 5.41) is 6.29. The third-order valence-corrected chi connectivity index (χ3v) is 5.90. The number of hydrogen-bond donors (Lipinski definition) is 1. The summed E-state index contributed by atoms with van der Waals surface area (Å²) in [6, 6.07) is 14.4. The van der Waals surface area contributed by atoms with E-state index in [1.807, 2.05) is 30.3 Å². The summed E-state index contributed by atoms with van der Waals surface area (Å²) < 4.78 is 11.3. The molecule has 1 N–H and O–H groups in total. The number of nitrogens with one attached hydrogen (secondary N) is 1. The molecule has 5 nitrogen and oxygen atoms in total. The Morgan fingerprint density at radius 1 is 1.19 bits per heavy atom. The van der Waals surface area contributed by atoms with Crippen LogP contribution in [0.4, 0.5) is 0 Å². The molecule has 0 aliphatic carbocycles. The molecule has 4 rings (SSSR count). The number of carbonyl (C=O) groups is 1. The number of ether oxygens (including phenoxy) is 1. The van der Waals surface area contributed by atoms with Gasteiger partial charge in [-0.2, -0.15) is 0 Å². The SMILES string of the molecule is O=C(CCc1cc2ccccc2o1)NCC(c1cccs1)N1CCOCC1. The van der Waals surface area contributed by atoms with E-state index in [1.165, 1.54) is 4.88 Å². The zero-order valence-corrected chi connectivity index (χ0v) is 16.0. The Morgan fingerprint density at radius 2 is 2.04 bits per heavy atom. The average Bonchev–Trinajstić information content (AvgIpc) is 3.37. The molecule has 1 fully saturated rings. The number of benzene rings is 1.